The molecule has 0 radical (unpaired) electrons. The van der Waals surface area contributed by atoms with Crippen molar-refractivity contribution in [1.82, 2.24) is 0 Å². The highest BCUT2D eigenvalue weighted by Gasteiger charge is 2.32. The van der Waals surface area contributed by atoms with Gasteiger partial charge >= 0.3 is 5.38 Å². The Morgan fingerprint density at radius 1 is 1.14 bits per heavy atom. The lowest BCUT2D eigenvalue weighted by atomic mass is 10.1. The topological polar surface area (TPSA) is 0 Å². The first kappa shape index (κ1) is 12.3. The molecule has 0 saturated heterocycles. The Hall–Kier alpha value is 0.240. The van der Waals surface area contributed by atoms with Gasteiger partial charge in [-0.15, -0.1) is 0 Å². The number of benzene rings is 1. The first-order valence-electron chi connectivity index (χ1n) is 3.46. The van der Waals surface area contributed by atoms with Gasteiger partial charge in [-0.1, -0.05) is 34.8 Å². The second-order valence-corrected chi connectivity index (χ2v) is 4.29. The van der Waals surface area contributed by atoms with Crippen LogP contribution in [0.1, 0.15) is 11.1 Å². The van der Waals surface area contributed by atoms with E-state index in [2.05, 4.69) is 0 Å². The van der Waals surface area contributed by atoms with Crippen molar-refractivity contribution in [3.63, 3.8) is 0 Å². The summed E-state index contributed by atoms with van der Waals surface area (Å²) in [7, 11) is 0. The van der Waals surface area contributed by atoms with E-state index in [1.807, 2.05) is 0 Å². The van der Waals surface area contributed by atoms with Crippen LogP contribution in [0.2, 0.25) is 15.1 Å². The monoisotopic (exact) mass is 278 g/mol. The molecule has 0 N–H and O–H groups in total. The molecule has 6 heteroatoms. The van der Waals surface area contributed by atoms with Crippen LogP contribution in [0.5, 0.6) is 0 Å². The molecular weight excluding hydrogens is 276 g/mol. The van der Waals surface area contributed by atoms with Gasteiger partial charge in [-0.05, 0) is 30.2 Å². The van der Waals surface area contributed by atoms with Crippen LogP contribution in [0.15, 0.2) is 6.07 Å². The van der Waals surface area contributed by atoms with Crippen LogP contribution in [0.25, 0.3) is 0 Å². The molecule has 0 nitrogen and oxygen atoms in total. The Labute approximate surface area is 99.7 Å². The van der Waals surface area contributed by atoms with Gasteiger partial charge in [0.2, 0.25) is 0 Å². The van der Waals surface area contributed by atoms with Gasteiger partial charge in [-0.25, -0.2) is 0 Å². The summed E-state index contributed by atoms with van der Waals surface area (Å²) in [6, 6.07) is 1.01. The third-order valence-corrected chi connectivity index (χ3v) is 3.25. The van der Waals surface area contributed by atoms with E-state index in [0.717, 1.165) is 6.07 Å². The average Bonchev–Trinajstić information content (AvgIpc) is 2.06. The van der Waals surface area contributed by atoms with Crippen LogP contribution in [0.4, 0.5) is 8.78 Å². The Balaban J connectivity index is 3.49. The molecule has 0 amide bonds. The van der Waals surface area contributed by atoms with Gasteiger partial charge in [0, 0.05) is 5.02 Å². The molecule has 0 saturated carbocycles. The predicted molar refractivity (Wildman–Crippen MR) is 56.0 cm³/mol. The van der Waals surface area contributed by atoms with Crippen molar-refractivity contribution in [2.45, 2.75) is 12.3 Å². The smallest absolute Gasteiger partial charge is 0.183 e. The fourth-order valence-electron chi connectivity index (χ4n) is 0.892. The summed E-state index contributed by atoms with van der Waals surface area (Å²) >= 11 is 21.8. The number of hydrogen-bond acceptors (Lipinski definition) is 0. The van der Waals surface area contributed by atoms with E-state index in [4.69, 9.17) is 46.4 Å². The van der Waals surface area contributed by atoms with Crippen molar-refractivity contribution in [3.05, 3.63) is 32.3 Å². The van der Waals surface area contributed by atoms with Crippen molar-refractivity contribution in [2.75, 3.05) is 0 Å². The van der Waals surface area contributed by atoms with Gasteiger partial charge in [0.1, 0.15) is 0 Å². The lowest BCUT2D eigenvalue weighted by Crippen LogP contribution is -2.05. The molecule has 1 aromatic rings. The first-order chi connectivity index (χ1) is 6.25. The Morgan fingerprint density at radius 2 is 1.64 bits per heavy atom. The van der Waals surface area contributed by atoms with Crippen LogP contribution in [0.3, 0.4) is 0 Å². The summed E-state index contributed by atoms with van der Waals surface area (Å²) in [6.07, 6.45) is 0. The zero-order valence-electron chi connectivity index (χ0n) is 6.85. The Morgan fingerprint density at radius 3 is 2.07 bits per heavy atom. The molecule has 1 aromatic carbocycles. The molecule has 0 heterocycles. The predicted octanol–water partition coefficient (Wildman–Crippen LogP) is 5.24. The zero-order valence-corrected chi connectivity index (χ0v) is 9.87. The molecule has 0 aliphatic rings. The Bertz CT molecular complexity index is 371. The molecule has 0 fully saturated rings. The summed E-state index contributed by atoms with van der Waals surface area (Å²) in [4.78, 5) is 0. The summed E-state index contributed by atoms with van der Waals surface area (Å²) in [5, 5.41) is -3.74. The lowest BCUT2D eigenvalue weighted by Gasteiger charge is -2.13. The molecule has 78 valence electrons. The van der Waals surface area contributed by atoms with Gasteiger partial charge in [0.25, 0.3) is 0 Å². The standard InChI is InChI=1S/C8H4Cl4F2/c1-3-5(9)2-4(8(12,13)14)7(11)6(3)10/h2H,1H3. The van der Waals surface area contributed by atoms with Crippen LogP contribution in [-0.4, -0.2) is 0 Å². The molecule has 0 atom stereocenters. The summed E-state index contributed by atoms with van der Waals surface area (Å²) in [6.45, 7) is 1.58. The molecule has 0 unspecified atom stereocenters. The molecule has 0 aliphatic carbocycles. The highest BCUT2D eigenvalue weighted by atomic mass is 35.5. The third-order valence-electron chi connectivity index (χ3n) is 1.69. The van der Waals surface area contributed by atoms with Gasteiger partial charge in [0.05, 0.1) is 15.6 Å². The van der Waals surface area contributed by atoms with Crippen molar-refractivity contribution >= 4 is 46.4 Å². The van der Waals surface area contributed by atoms with Gasteiger partial charge in [0.15, 0.2) is 0 Å². The van der Waals surface area contributed by atoms with Crippen LogP contribution in [0, 0.1) is 6.92 Å². The maximum Gasteiger partial charge on any atom is 0.349 e. The van der Waals surface area contributed by atoms with Gasteiger partial charge < -0.3 is 0 Å². The van der Waals surface area contributed by atoms with Gasteiger partial charge in [-0.2, -0.15) is 8.78 Å². The summed E-state index contributed by atoms with van der Waals surface area (Å²) < 4.78 is 25.5. The van der Waals surface area contributed by atoms with E-state index in [0.29, 0.717) is 5.56 Å². The fraction of sp³-hybridized carbons (Fsp3) is 0.250. The van der Waals surface area contributed by atoms with E-state index < -0.39 is 10.9 Å². The van der Waals surface area contributed by atoms with E-state index in [9.17, 15) is 8.78 Å². The molecule has 0 aliphatic heterocycles. The number of hydrogen-bond donors (Lipinski definition) is 0. The van der Waals surface area contributed by atoms with E-state index in [-0.39, 0.29) is 15.1 Å². The third kappa shape index (κ3) is 2.25. The van der Waals surface area contributed by atoms with Crippen molar-refractivity contribution in [3.8, 4) is 0 Å². The molecule has 0 bridgehead atoms. The number of alkyl halides is 3. The quantitative estimate of drug-likeness (QED) is 0.487. The highest BCUT2D eigenvalue weighted by molar-refractivity contribution is 6.45. The fourth-order valence-corrected chi connectivity index (χ4v) is 1.86. The van der Waals surface area contributed by atoms with Crippen molar-refractivity contribution in [1.29, 1.82) is 0 Å². The second-order valence-electron chi connectivity index (χ2n) is 2.66. The van der Waals surface area contributed by atoms with E-state index >= 15 is 0 Å². The minimum absolute atomic E-state index is 0.00510. The summed E-state index contributed by atoms with van der Waals surface area (Å²) in [5.74, 6) is 0. The van der Waals surface area contributed by atoms with Crippen LogP contribution < -0.4 is 0 Å². The average molecular weight is 280 g/mol. The maximum absolute atomic E-state index is 12.8. The summed E-state index contributed by atoms with van der Waals surface area (Å²) in [5.41, 5.74) is -0.135. The SMILES string of the molecule is Cc1c(Cl)cc(C(F)(F)Cl)c(Cl)c1Cl. The normalized spacial score (nSPS) is 11.9. The van der Waals surface area contributed by atoms with Crippen molar-refractivity contribution in [2.24, 2.45) is 0 Å². The molecule has 0 aromatic heterocycles. The number of rotatable bonds is 1. The highest BCUT2D eigenvalue weighted by Crippen LogP contribution is 2.43. The van der Waals surface area contributed by atoms with Crippen LogP contribution in [-0.2, 0) is 5.38 Å². The van der Waals surface area contributed by atoms with Crippen molar-refractivity contribution < 1.29 is 8.78 Å². The minimum Gasteiger partial charge on any atom is -0.183 e. The minimum atomic E-state index is -3.57. The maximum atomic E-state index is 12.8. The van der Waals surface area contributed by atoms with E-state index in [1.165, 1.54) is 0 Å². The Kier molecular flexibility index (Phi) is 3.53. The molecule has 1 rings (SSSR count). The molecule has 0 spiro atoms. The van der Waals surface area contributed by atoms with Crippen LogP contribution >= 0.6 is 46.4 Å². The second kappa shape index (κ2) is 4.01. The first-order valence-corrected chi connectivity index (χ1v) is 4.97. The largest absolute Gasteiger partial charge is 0.349 e. The van der Waals surface area contributed by atoms with Gasteiger partial charge in [-0.3, -0.25) is 0 Å². The lowest BCUT2D eigenvalue weighted by molar-refractivity contribution is 0.0952. The molecular formula is C8H4Cl4F2. The number of halogens is 6. The zero-order chi connectivity index (χ0) is 11.1. The molecule has 14 heavy (non-hydrogen) atoms. The van der Waals surface area contributed by atoms with E-state index in [1.54, 1.807) is 6.92 Å².